The molecule has 0 spiro atoms. The number of hydrogen-bond acceptors (Lipinski definition) is 6. The molecular weight excluding hydrogens is 578 g/mol. The summed E-state index contributed by atoms with van der Waals surface area (Å²) in [5.41, 5.74) is 8.72. The normalized spacial score (nSPS) is 11.2. The number of aromatic nitrogens is 3. The summed E-state index contributed by atoms with van der Waals surface area (Å²) >= 11 is 0. The Hall–Kier alpha value is -4.28. The predicted octanol–water partition coefficient (Wildman–Crippen LogP) is 5.49. The van der Waals surface area contributed by atoms with Crippen LogP contribution in [-0.2, 0) is 70.4 Å². The summed E-state index contributed by atoms with van der Waals surface area (Å²) in [4.78, 5) is 59.0. The number of aromatic amines is 3. The van der Waals surface area contributed by atoms with Crippen LogP contribution in [0.1, 0.15) is 132 Å². The highest BCUT2D eigenvalue weighted by atomic mass is 16.5. The van der Waals surface area contributed by atoms with Gasteiger partial charge in [0.2, 0.25) is 0 Å². The largest absolute Gasteiger partial charge is 0.477 e. The molecule has 3 heterocycles. The molecule has 11 heteroatoms. The van der Waals surface area contributed by atoms with Crippen molar-refractivity contribution in [2.75, 3.05) is 13.2 Å². The molecule has 0 aliphatic carbocycles. The van der Waals surface area contributed by atoms with Crippen LogP contribution >= 0.6 is 0 Å². The van der Waals surface area contributed by atoms with Gasteiger partial charge in [-0.1, -0.05) is 27.7 Å². The second-order valence-electron chi connectivity index (χ2n) is 10.9. The molecule has 0 atom stereocenters. The SMILES string of the molecule is CCOC(=O)CCc1c(Cc2[nH]c(C(=O)O)c(CC)c2CC)[nH]c(Cc2[nH]c(C(=O)O)c(CC)c2CC)c1CCC(=O)OCC. The van der Waals surface area contributed by atoms with E-state index in [2.05, 4.69) is 15.0 Å². The highest BCUT2D eigenvalue weighted by molar-refractivity contribution is 5.89. The summed E-state index contributed by atoms with van der Waals surface area (Å²) in [6, 6.07) is 0. The Bertz CT molecular complexity index is 1410. The number of ether oxygens (including phenoxy) is 2. The van der Waals surface area contributed by atoms with E-state index in [9.17, 15) is 29.4 Å². The third kappa shape index (κ3) is 8.06. The lowest BCUT2D eigenvalue weighted by Gasteiger charge is -2.10. The summed E-state index contributed by atoms with van der Waals surface area (Å²) in [6.07, 6.45) is 4.09. The van der Waals surface area contributed by atoms with Crippen LogP contribution in [0.2, 0.25) is 0 Å². The third-order valence-corrected chi connectivity index (χ3v) is 8.32. The topological polar surface area (TPSA) is 175 Å². The van der Waals surface area contributed by atoms with E-state index in [0.717, 1.165) is 56.2 Å². The fraction of sp³-hybridized carbons (Fsp3) is 0.529. The predicted molar refractivity (Wildman–Crippen MR) is 169 cm³/mol. The van der Waals surface area contributed by atoms with Crippen LogP contribution in [0, 0.1) is 0 Å². The average molecular weight is 626 g/mol. The highest BCUT2D eigenvalue weighted by Gasteiger charge is 2.26. The van der Waals surface area contributed by atoms with Gasteiger partial charge in [0.25, 0.3) is 0 Å². The van der Waals surface area contributed by atoms with Crippen molar-refractivity contribution in [3.63, 3.8) is 0 Å². The number of hydrogen-bond donors (Lipinski definition) is 5. The monoisotopic (exact) mass is 625 g/mol. The Kier molecular flexibility index (Phi) is 12.6. The molecule has 45 heavy (non-hydrogen) atoms. The van der Waals surface area contributed by atoms with E-state index in [4.69, 9.17) is 9.47 Å². The minimum atomic E-state index is -1.02. The molecule has 3 aromatic heterocycles. The summed E-state index contributed by atoms with van der Waals surface area (Å²) in [5.74, 6) is -2.71. The zero-order valence-corrected chi connectivity index (χ0v) is 27.3. The molecule has 0 radical (unpaired) electrons. The third-order valence-electron chi connectivity index (χ3n) is 8.32. The van der Waals surface area contributed by atoms with Crippen molar-refractivity contribution in [2.24, 2.45) is 0 Å². The molecular formula is C34H47N3O8. The maximum atomic E-state index is 12.5. The lowest BCUT2D eigenvalue weighted by molar-refractivity contribution is -0.144. The van der Waals surface area contributed by atoms with Crippen LogP contribution in [0.3, 0.4) is 0 Å². The number of H-pyrrole nitrogens is 3. The van der Waals surface area contributed by atoms with Gasteiger partial charge in [-0.3, -0.25) is 9.59 Å². The van der Waals surface area contributed by atoms with Gasteiger partial charge in [-0.15, -0.1) is 0 Å². The van der Waals surface area contributed by atoms with Crippen molar-refractivity contribution >= 4 is 23.9 Å². The Morgan fingerprint density at radius 1 is 0.511 bits per heavy atom. The van der Waals surface area contributed by atoms with Gasteiger partial charge in [0.15, 0.2) is 0 Å². The standard InChI is InChI=1S/C34H47N3O8/c1-7-19-21(9-3)31(33(40)41)36-25(19)17-27-23(13-15-29(38)44-11-5)24(14-16-30(39)45-12-6)28(35-27)18-26-20(8-2)22(10-4)32(37-26)34(42)43/h35-37H,7-18H2,1-6H3,(H,40,41)(H,42,43). The van der Waals surface area contributed by atoms with Crippen LogP contribution in [0.25, 0.3) is 0 Å². The number of carbonyl (C=O) groups excluding carboxylic acids is 2. The Balaban J connectivity index is 2.22. The van der Waals surface area contributed by atoms with Crippen molar-refractivity contribution in [1.82, 2.24) is 15.0 Å². The van der Waals surface area contributed by atoms with E-state index in [1.807, 2.05) is 27.7 Å². The Labute approximate surface area is 264 Å². The zero-order valence-electron chi connectivity index (χ0n) is 27.3. The van der Waals surface area contributed by atoms with Crippen LogP contribution in [0.15, 0.2) is 0 Å². The van der Waals surface area contributed by atoms with Crippen LogP contribution in [-0.4, -0.2) is 62.3 Å². The molecule has 11 nitrogen and oxygen atoms in total. The first-order valence-corrected chi connectivity index (χ1v) is 16.0. The van der Waals surface area contributed by atoms with Gasteiger partial charge in [0.1, 0.15) is 11.4 Å². The van der Waals surface area contributed by atoms with Crippen LogP contribution < -0.4 is 0 Å². The summed E-state index contributed by atoms with van der Waals surface area (Å²) in [6.45, 7) is 11.9. The zero-order chi connectivity index (χ0) is 33.3. The number of carboxylic acid groups (broad SMARTS) is 2. The molecule has 3 aromatic rings. The van der Waals surface area contributed by atoms with Gasteiger partial charge >= 0.3 is 23.9 Å². The maximum Gasteiger partial charge on any atom is 0.352 e. The Morgan fingerprint density at radius 3 is 1.13 bits per heavy atom. The molecule has 0 aliphatic rings. The summed E-state index contributed by atoms with van der Waals surface area (Å²) in [7, 11) is 0. The molecule has 0 fully saturated rings. The first-order valence-electron chi connectivity index (χ1n) is 16.0. The Morgan fingerprint density at radius 2 is 0.844 bits per heavy atom. The smallest absolute Gasteiger partial charge is 0.352 e. The fourth-order valence-electron chi connectivity index (χ4n) is 6.45. The van der Waals surface area contributed by atoms with Crippen molar-refractivity contribution in [1.29, 1.82) is 0 Å². The quantitative estimate of drug-likeness (QED) is 0.115. The molecule has 0 saturated carbocycles. The molecule has 0 aliphatic heterocycles. The maximum absolute atomic E-state index is 12.5. The molecule has 0 aromatic carbocycles. The molecule has 246 valence electrons. The molecule has 5 N–H and O–H groups in total. The van der Waals surface area contributed by atoms with Crippen LogP contribution in [0.5, 0.6) is 0 Å². The fourth-order valence-corrected chi connectivity index (χ4v) is 6.45. The first kappa shape index (κ1) is 35.2. The van der Waals surface area contributed by atoms with Gasteiger partial charge < -0.3 is 34.6 Å². The molecule has 3 rings (SSSR count). The van der Waals surface area contributed by atoms with Gasteiger partial charge in [-0.25, -0.2) is 9.59 Å². The van der Waals surface area contributed by atoms with E-state index in [1.165, 1.54) is 0 Å². The minimum Gasteiger partial charge on any atom is -0.477 e. The minimum absolute atomic E-state index is 0.127. The van der Waals surface area contributed by atoms with Crippen LogP contribution in [0.4, 0.5) is 0 Å². The van der Waals surface area contributed by atoms with Gasteiger partial charge in [-0.05, 0) is 85.8 Å². The first-order chi connectivity index (χ1) is 21.5. The average Bonchev–Trinajstić information content (AvgIpc) is 3.65. The number of aromatic carboxylic acids is 2. The van der Waals surface area contributed by atoms with Crippen molar-refractivity contribution in [3.8, 4) is 0 Å². The van der Waals surface area contributed by atoms with Gasteiger partial charge in [-0.2, -0.15) is 0 Å². The second-order valence-corrected chi connectivity index (χ2v) is 10.9. The van der Waals surface area contributed by atoms with Crippen molar-refractivity contribution in [2.45, 2.75) is 106 Å². The molecule has 0 bridgehead atoms. The van der Waals surface area contributed by atoms with E-state index < -0.39 is 11.9 Å². The molecule has 0 amide bonds. The van der Waals surface area contributed by atoms with E-state index in [1.54, 1.807) is 13.8 Å². The second kappa shape index (κ2) is 16.2. The van der Waals surface area contributed by atoms with Gasteiger partial charge in [0.05, 0.1) is 13.2 Å². The van der Waals surface area contributed by atoms with Crippen molar-refractivity contribution < 1.29 is 38.9 Å². The number of esters is 2. The van der Waals surface area contributed by atoms with E-state index in [-0.39, 0.29) is 49.4 Å². The van der Waals surface area contributed by atoms with E-state index in [0.29, 0.717) is 51.4 Å². The van der Waals surface area contributed by atoms with Crippen molar-refractivity contribution in [3.05, 3.63) is 67.5 Å². The number of carbonyl (C=O) groups is 4. The molecule has 0 saturated heterocycles. The number of rotatable bonds is 18. The molecule has 0 unspecified atom stereocenters. The number of nitrogens with one attached hydrogen (secondary N) is 3. The number of carboxylic acids is 2. The van der Waals surface area contributed by atoms with E-state index >= 15 is 0 Å². The summed E-state index contributed by atoms with van der Waals surface area (Å²) < 4.78 is 10.4. The summed E-state index contributed by atoms with van der Waals surface area (Å²) in [5, 5.41) is 19.8. The highest BCUT2D eigenvalue weighted by Crippen LogP contribution is 2.31. The lowest BCUT2D eigenvalue weighted by atomic mass is 9.94. The van der Waals surface area contributed by atoms with Gasteiger partial charge in [0, 0.05) is 48.5 Å². The lowest BCUT2D eigenvalue weighted by Crippen LogP contribution is -2.09.